The highest BCUT2D eigenvalue weighted by Gasteiger charge is 2.07. The third-order valence-electron chi connectivity index (χ3n) is 3.57. The van der Waals surface area contributed by atoms with Crippen LogP contribution in [0.25, 0.3) is 0 Å². The molecule has 132 valence electrons. The first-order valence-corrected chi connectivity index (χ1v) is 8.52. The Morgan fingerprint density at radius 2 is 1.68 bits per heavy atom. The number of benzene rings is 2. The molecule has 0 atom stereocenters. The summed E-state index contributed by atoms with van der Waals surface area (Å²) < 4.78 is 5.50. The van der Waals surface area contributed by atoms with Crippen LogP contribution in [0.1, 0.15) is 35.7 Å². The fraction of sp³-hybridized carbons (Fsp3) is 0.263. The third-order valence-corrected chi connectivity index (χ3v) is 3.82. The predicted octanol–water partition coefficient (Wildman–Crippen LogP) is 3.52. The summed E-state index contributed by atoms with van der Waals surface area (Å²) in [6.07, 6.45) is 1.70. The maximum absolute atomic E-state index is 11.9. The van der Waals surface area contributed by atoms with E-state index in [1.165, 1.54) is 0 Å². The van der Waals surface area contributed by atoms with Gasteiger partial charge in [0.25, 0.3) is 5.91 Å². The summed E-state index contributed by atoms with van der Waals surface area (Å²) >= 11 is 5.79. The molecule has 0 spiro atoms. The van der Waals surface area contributed by atoms with Crippen molar-refractivity contribution in [3.05, 3.63) is 64.7 Å². The van der Waals surface area contributed by atoms with Gasteiger partial charge in [-0.15, -0.1) is 0 Å². The molecule has 0 aliphatic carbocycles. The predicted molar refractivity (Wildman–Crippen MR) is 97.6 cm³/mol. The van der Waals surface area contributed by atoms with Crippen molar-refractivity contribution < 1.29 is 14.3 Å². The summed E-state index contributed by atoms with van der Waals surface area (Å²) in [5.41, 5.74) is 6.47. The van der Waals surface area contributed by atoms with Gasteiger partial charge in [-0.1, -0.05) is 30.7 Å². The Balaban J connectivity index is 1.64. The van der Waals surface area contributed by atoms with E-state index in [-0.39, 0.29) is 18.2 Å². The zero-order chi connectivity index (χ0) is 18.1. The molecule has 0 bridgehead atoms. The topological polar surface area (TPSA) is 67.4 Å². The average molecular weight is 361 g/mol. The van der Waals surface area contributed by atoms with Crippen molar-refractivity contribution in [2.45, 2.75) is 26.2 Å². The summed E-state index contributed by atoms with van der Waals surface area (Å²) in [6.45, 7) is 2.45. The van der Waals surface area contributed by atoms with Crippen LogP contribution in [-0.4, -0.2) is 18.4 Å². The number of hydrogen-bond donors (Lipinski definition) is 2. The van der Waals surface area contributed by atoms with Crippen molar-refractivity contribution in [3.63, 3.8) is 0 Å². The molecule has 2 rings (SSSR count). The van der Waals surface area contributed by atoms with Crippen LogP contribution in [0.3, 0.4) is 0 Å². The maximum atomic E-state index is 11.9. The monoisotopic (exact) mass is 360 g/mol. The van der Waals surface area contributed by atoms with E-state index in [9.17, 15) is 9.59 Å². The van der Waals surface area contributed by atoms with E-state index in [1.807, 2.05) is 19.1 Å². The van der Waals surface area contributed by atoms with Gasteiger partial charge in [-0.25, -0.2) is 0 Å². The fourth-order valence-electron chi connectivity index (χ4n) is 2.11. The van der Waals surface area contributed by atoms with Crippen molar-refractivity contribution >= 4 is 23.4 Å². The Kier molecular flexibility index (Phi) is 7.29. The standard InChI is InChI=1S/C19H21ClN2O3/c1-2-14-5-7-15(8-6-14)19(24)22-21-18(23)4-3-13-25-17-11-9-16(20)10-12-17/h5-12H,2-4,13H2,1H3,(H,21,23)(H,22,24). The SMILES string of the molecule is CCc1ccc(C(=O)NNC(=O)CCCOc2ccc(Cl)cc2)cc1. The summed E-state index contributed by atoms with van der Waals surface area (Å²) in [7, 11) is 0. The lowest BCUT2D eigenvalue weighted by molar-refractivity contribution is -0.122. The molecule has 0 unspecified atom stereocenters. The van der Waals surface area contributed by atoms with Gasteiger partial charge in [0.1, 0.15) is 5.75 Å². The largest absolute Gasteiger partial charge is 0.494 e. The van der Waals surface area contributed by atoms with Crippen LogP contribution >= 0.6 is 11.6 Å². The van der Waals surface area contributed by atoms with Gasteiger partial charge in [-0.3, -0.25) is 20.4 Å². The van der Waals surface area contributed by atoms with E-state index in [4.69, 9.17) is 16.3 Å². The molecule has 0 heterocycles. The van der Waals surface area contributed by atoms with E-state index in [1.54, 1.807) is 36.4 Å². The van der Waals surface area contributed by atoms with Crippen LogP contribution in [0.2, 0.25) is 5.02 Å². The second kappa shape index (κ2) is 9.69. The lowest BCUT2D eigenvalue weighted by Crippen LogP contribution is -2.41. The minimum Gasteiger partial charge on any atom is -0.494 e. The minimum absolute atomic E-state index is 0.253. The first-order chi connectivity index (χ1) is 12.1. The fourth-order valence-corrected chi connectivity index (χ4v) is 2.23. The summed E-state index contributed by atoms with van der Waals surface area (Å²) in [5.74, 6) is 0.0975. The number of carbonyl (C=O) groups excluding carboxylic acids is 2. The quantitative estimate of drug-likeness (QED) is 0.586. The summed E-state index contributed by atoms with van der Waals surface area (Å²) in [5, 5.41) is 0.645. The first kappa shape index (κ1) is 18.8. The van der Waals surface area contributed by atoms with Crippen molar-refractivity contribution in [3.8, 4) is 5.75 Å². The van der Waals surface area contributed by atoms with Gasteiger partial charge < -0.3 is 4.74 Å². The number of halogens is 1. The Labute approximate surface area is 152 Å². The number of amides is 2. The van der Waals surface area contributed by atoms with Gasteiger partial charge in [0.15, 0.2) is 0 Å². The number of hydrogen-bond acceptors (Lipinski definition) is 3. The highest BCUT2D eigenvalue weighted by atomic mass is 35.5. The van der Waals surface area contributed by atoms with Gasteiger partial charge in [-0.2, -0.15) is 0 Å². The minimum atomic E-state index is -0.339. The summed E-state index contributed by atoms with van der Waals surface area (Å²) in [4.78, 5) is 23.7. The lowest BCUT2D eigenvalue weighted by atomic mass is 10.1. The molecule has 0 radical (unpaired) electrons. The van der Waals surface area contributed by atoms with Gasteiger partial charge in [0.05, 0.1) is 6.61 Å². The van der Waals surface area contributed by atoms with Crippen molar-refractivity contribution in [1.29, 1.82) is 0 Å². The molecule has 0 aliphatic heterocycles. The number of carbonyl (C=O) groups is 2. The van der Waals surface area contributed by atoms with Gasteiger partial charge in [0, 0.05) is 17.0 Å². The Bertz CT molecular complexity index is 700. The van der Waals surface area contributed by atoms with Gasteiger partial charge >= 0.3 is 0 Å². The molecule has 0 aliphatic rings. The molecule has 0 fully saturated rings. The lowest BCUT2D eigenvalue weighted by Gasteiger charge is -2.09. The number of ether oxygens (including phenoxy) is 1. The zero-order valence-corrected chi connectivity index (χ0v) is 14.8. The molecule has 2 aromatic rings. The Hall–Kier alpha value is -2.53. The molecular weight excluding hydrogens is 340 g/mol. The number of rotatable bonds is 7. The highest BCUT2D eigenvalue weighted by molar-refractivity contribution is 6.30. The molecule has 0 aromatic heterocycles. The van der Waals surface area contributed by atoms with Crippen LogP contribution in [0.4, 0.5) is 0 Å². The van der Waals surface area contributed by atoms with Gasteiger partial charge in [0.2, 0.25) is 5.91 Å². The third kappa shape index (κ3) is 6.47. The van der Waals surface area contributed by atoms with Gasteiger partial charge in [-0.05, 0) is 54.8 Å². The van der Waals surface area contributed by atoms with Crippen molar-refractivity contribution in [2.75, 3.05) is 6.61 Å². The van der Waals surface area contributed by atoms with Crippen LogP contribution in [0.15, 0.2) is 48.5 Å². The first-order valence-electron chi connectivity index (χ1n) is 8.15. The van der Waals surface area contributed by atoms with Crippen molar-refractivity contribution in [1.82, 2.24) is 10.9 Å². The smallest absolute Gasteiger partial charge is 0.269 e. The second-order valence-corrected chi connectivity index (χ2v) is 5.90. The van der Waals surface area contributed by atoms with Crippen LogP contribution in [-0.2, 0) is 11.2 Å². The molecule has 6 heteroatoms. The van der Waals surface area contributed by atoms with Crippen LogP contribution in [0.5, 0.6) is 5.75 Å². The molecule has 0 saturated heterocycles. The molecule has 2 N–H and O–H groups in total. The van der Waals surface area contributed by atoms with E-state index in [2.05, 4.69) is 10.9 Å². The van der Waals surface area contributed by atoms with E-state index in [0.29, 0.717) is 29.4 Å². The molecule has 0 saturated carbocycles. The number of nitrogens with one attached hydrogen (secondary N) is 2. The van der Waals surface area contributed by atoms with E-state index in [0.717, 1.165) is 12.0 Å². The number of hydrazine groups is 1. The Morgan fingerprint density at radius 1 is 1.00 bits per heavy atom. The average Bonchev–Trinajstić information content (AvgIpc) is 2.64. The molecule has 25 heavy (non-hydrogen) atoms. The zero-order valence-electron chi connectivity index (χ0n) is 14.0. The molecule has 2 aromatic carbocycles. The van der Waals surface area contributed by atoms with Crippen LogP contribution < -0.4 is 15.6 Å². The normalized spacial score (nSPS) is 10.2. The Morgan fingerprint density at radius 3 is 2.32 bits per heavy atom. The van der Waals surface area contributed by atoms with E-state index < -0.39 is 0 Å². The highest BCUT2D eigenvalue weighted by Crippen LogP contribution is 2.15. The summed E-state index contributed by atoms with van der Waals surface area (Å²) in [6, 6.07) is 14.3. The number of aryl methyl sites for hydroxylation is 1. The van der Waals surface area contributed by atoms with Crippen LogP contribution in [0, 0.1) is 0 Å². The second-order valence-electron chi connectivity index (χ2n) is 5.46. The van der Waals surface area contributed by atoms with E-state index >= 15 is 0 Å². The maximum Gasteiger partial charge on any atom is 0.269 e. The van der Waals surface area contributed by atoms with Crippen molar-refractivity contribution in [2.24, 2.45) is 0 Å². The molecular formula is C19H21ClN2O3. The molecule has 2 amide bonds. The molecule has 5 nitrogen and oxygen atoms in total.